The summed E-state index contributed by atoms with van der Waals surface area (Å²) in [6.07, 6.45) is -2.69. The Morgan fingerprint density at radius 1 is 1.25 bits per heavy atom. The average molecular weight is 282 g/mol. The summed E-state index contributed by atoms with van der Waals surface area (Å²) < 4.78 is 44.6. The van der Waals surface area contributed by atoms with E-state index >= 15 is 0 Å². The van der Waals surface area contributed by atoms with Crippen molar-refractivity contribution in [3.8, 4) is 0 Å². The van der Waals surface area contributed by atoms with Gasteiger partial charge in [-0.25, -0.2) is 0 Å². The van der Waals surface area contributed by atoms with Crippen LogP contribution < -0.4 is 5.32 Å². The Morgan fingerprint density at radius 2 is 2.05 bits per heavy atom. The third-order valence-corrected chi connectivity index (χ3v) is 2.66. The van der Waals surface area contributed by atoms with Crippen molar-refractivity contribution < 1.29 is 17.6 Å². The maximum absolute atomic E-state index is 12.6. The molecule has 20 heavy (non-hydrogen) atoms. The van der Waals surface area contributed by atoms with Crippen molar-refractivity contribution >= 4 is 22.9 Å². The summed E-state index contributed by atoms with van der Waals surface area (Å²) in [5, 5.41) is 6.84. The van der Waals surface area contributed by atoms with Gasteiger partial charge in [-0.3, -0.25) is 10.00 Å². The van der Waals surface area contributed by atoms with Gasteiger partial charge in [0.25, 0.3) is 0 Å². The van der Waals surface area contributed by atoms with Gasteiger partial charge in [-0.05, 0) is 18.2 Å². The number of anilines is 2. The fourth-order valence-corrected chi connectivity index (χ4v) is 1.75. The Labute approximate surface area is 111 Å². The SMILES string of the molecule is Cn1ccc(Nc2nc3cc(C(F)(F)F)ccc3o2)n1. The molecule has 5 nitrogen and oxygen atoms in total. The monoisotopic (exact) mass is 282 g/mol. The molecule has 8 heteroatoms. The van der Waals surface area contributed by atoms with E-state index in [0.717, 1.165) is 12.1 Å². The van der Waals surface area contributed by atoms with E-state index in [-0.39, 0.29) is 17.1 Å². The van der Waals surface area contributed by atoms with Crippen molar-refractivity contribution in [1.82, 2.24) is 14.8 Å². The summed E-state index contributed by atoms with van der Waals surface area (Å²) in [6.45, 7) is 0. The molecule has 104 valence electrons. The van der Waals surface area contributed by atoms with Gasteiger partial charge in [0, 0.05) is 19.3 Å². The predicted molar refractivity (Wildman–Crippen MR) is 65.5 cm³/mol. The van der Waals surface area contributed by atoms with Crippen LogP contribution in [0.15, 0.2) is 34.9 Å². The molecule has 0 aliphatic heterocycles. The molecule has 0 saturated heterocycles. The summed E-state index contributed by atoms with van der Waals surface area (Å²) in [7, 11) is 1.74. The van der Waals surface area contributed by atoms with Crippen molar-refractivity contribution in [2.24, 2.45) is 7.05 Å². The van der Waals surface area contributed by atoms with E-state index in [4.69, 9.17) is 4.42 Å². The molecule has 0 bridgehead atoms. The number of aromatic nitrogens is 3. The zero-order valence-electron chi connectivity index (χ0n) is 10.3. The molecule has 1 N–H and O–H groups in total. The number of hydrogen-bond donors (Lipinski definition) is 1. The number of hydrogen-bond acceptors (Lipinski definition) is 4. The highest BCUT2D eigenvalue weighted by atomic mass is 19.4. The van der Waals surface area contributed by atoms with E-state index in [0.29, 0.717) is 5.82 Å². The van der Waals surface area contributed by atoms with Crippen LogP contribution in [0.1, 0.15) is 5.56 Å². The molecular formula is C12H9F3N4O. The lowest BCUT2D eigenvalue weighted by Gasteiger charge is -2.04. The molecule has 0 fully saturated rings. The Kier molecular flexibility index (Phi) is 2.66. The van der Waals surface area contributed by atoms with Crippen molar-refractivity contribution in [2.75, 3.05) is 5.32 Å². The minimum atomic E-state index is -4.40. The quantitative estimate of drug-likeness (QED) is 0.783. The number of oxazole rings is 1. The molecular weight excluding hydrogens is 273 g/mol. The van der Waals surface area contributed by atoms with Crippen LogP contribution >= 0.6 is 0 Å². The molecule has 0 aliphatic rings. The Bertz CT molecular complexity index is 759. The summed E-state index contributed by atoms with van der Waals surface area (Å²) in [5.41, 5.74) is -0.350. The van der Waals surface area contributed by atoms with Gasteiger partial charge in [-0.15, -0.1) is 0 Å². The first-order valence-electron chi connectivity index (χ1n) is 5.66. The van der Waals surface area contributed by atoms with Crippen LogP contribution in [-0.2, 0) is 13.2 Å². The molecule has 0 radical (unpaired) electrons. The largest absolute Gasteiger partial charge is 0.423 e. The molecule has 3 aromatic rings. The topological polar surface area (TPSA) is 55.9 Å². The van der Waals surface area contributed by atoms with E-state index < -0.39 is 11.7 Å². The van der Waals surface area contributed by atoms with Crippen LogP contribution in [0.4, 0.5) is 25.0 Å². The Hall–Kier alpha value is -2.51. The molecule has 0 amide bonds. The molecule has 2 heterocycles. The van der Waals surface area contributed by atoms with E-state index in [2.05, 4.69) is 15.4 Å². The molecule has 0 saturated carbocycles. The van der Waals surface area contributed by atoms with Crippen LogP contribution in [-0.4, -0.2) is 14.8 Å². The van der Waals surface area contributed by atoms with Crippen LogP contribution in [0.25, 0.3) is 11.1 Å². The van der Waals surface area contributed by atoms with E-state index in [9.17, 15) is 13.2 Å². The zero-order chi connectivity index (χ0) is 14.3. The Morgan fingerprint density at radius 3 is 2.70 bits per heavy atom. The molecule has 2 aromatic heterocycles. The predicted octanol–water partition coefficient (Wildman–Crippen LogP) is 3.32. The number of aryl methyl sites for hydroxylation is 1. The van der Waals surface area contributed by atoms with Gasteiger partial charge in [0.1, 0.15) is 5.52 Å². The number of alkyl halides is 3. The smallest absolute Gasteiger partial charge is 0.416 e. The van der Waals surface area contributed by atoms with Gasteiger partial charge in [0.15, 0.2) is 11.4 Å². The lowest BCUT2D eigenvalue weighted by molar-refractivity contribution is -0.137. The number of fused-ring (bicyclic) bond motifs is 1. The fraction of sp³-hybridized carbons (Fsp3) is 0.167. The first-order valence-corrected chi connectivity index (χ1v) is 5.66. The number of benzene rings is 1. The maximum Gasteiger partial charge on any atom is 0.416 e. The minimum absolute atomic E-state index is 0.0954. The number of nitrogens with one attached hydrogen (secondary N) is 1. The first-order chi connectivity index (χ1) is 9.41. The second-order valence-electron chi connectivity index (χ2n) is 4.20. The zero-order valence-corrected chi connectivity index (χ0v) is 10.3. The van der Waals surface area contributed by atoms with Crippen molar-refractivity contribution in [3.63, 3.8) is 0 Å². The molecule has 0 aliphatic carbocycles. The van der Waals surface area contributed by atoms with E-state index in [1.54, 1.807) is 24.0 Å². The van der Waals surface area contributed by atoms with Crippen LogP contribution in [0.5, 0.6) is 0 Å². The summed E-state index contributed by atoms with van der Waals surface area (Å²) >= 11 is 0. The van der Waals surface area contributed by atoms with Crippen LogP contribution in [0.2, 0.25) is 0 Å². The second-order valence-corrected chi connectivity index (χ2v) is 4.20. The Balaban J connectivity index is 1.94. The highest BCUT2D eigenvalue weighted by molar-refractivity contribution is 5.76. The molecule has 0 atom stereocenters. The first kappa shape index (κ1) is 12.5. The van der Waals surface area contributed by atoms with Gasteiger partial charge in [0.2, 0.25) is 0 Å². The maximum atomic E-state index is 12.6. The molecule has 0 unspecified atom stereocenters. The molecule has 0 spiro atoms. The van der Waals surface area contributed by atoms with Gasteiger partial charge < -0.3 is 4.42 Å². The van der Waals surface area contributed by atoms with Gasteiger partial charge in [-0.2, -0.15) is 23.3 Å². The minimum Gasteiger partial charge on any atom is -0.423 e. The number of nitrogens with zero attached hydrogens (tertiary/aromatic N) is 3. The normalized spacial score (nSPS) is 12.0. The van der Waals surface area contributed by atoms with Crippen LogP contribution in [0, 0.1) is 0 Å². The lowest BCUT2D eigenvalue weighted by atomic mass is 10.2. The van der Waals surface area contributed by atoms with Gasteiger partial charge in [0.05, 0.1) is 5.56 Å². The fourth-order valence-electron chi connectivity index (χ4n) is 1.75. The van der Waals surface area contributed by atoms with E-state index in [1.165, 1.54) is 6.07 Å². The summed E-state index contributed by atoms with van der Waals surface area (Å²) in [4.78, 5) is 3.96. The highest BCUT2D eigenvalue weighted by Gasteiger charge is 2.31. The number of halogens is 3. The summed E-state index contributed by atoms with van der Waals surface area (Å²) in [6, 6.07) is 4.93. The molecule has 1 aromatic carbocycles. The standard InChI is InChI=1S/C12H9F3N4O/c1-19-5-4-10(18-19)17-11-16-8-6-7(12(13,14)15)2-3-9(8)20-11/h2-6H,1H3,(H,16,17,18). The molecule has 3 rings (SSSR count). The second kappa shape index (κ2) is 4.26. The third-order valence-electron chi connectivity index (χ3n) is 2.66. The summed E-state index contributed by atoms with van der Waals surface area (Å²) in [5.74, 6) is 0.495. The van der Waals surface area contributed by atoms with Crippen molar-refractivity contribution in [3.05, 3.63) is 36.0 Å². The van der Waals surface area contributed by atoms with Crippen LogP contribution in [0.3, 0.4) is 0 Å². The van der Waals surface area contributed by atoms with Gasteiger partial charge in [-0.1, -0.05) is 0 Å². The van der Waals surface area contributed by atoms with Crippen molar-refractivity contribution in [1.29, 1.82) is 0 Å². The highest BCUT2D eigenvalue weighted by Crippen LogP contribution is 2.32. The lowest BCUT2D eigenvalue weighted by Crippen LogP contribution is -2.03. The third kappa shape index (κ3) is 2.31. The van der Waals surface area contributed by atoms with Gasteiger partial charge >= 0.3 is 12.2 Å². The van der Waals surface area contributed by atoms with E-state index in [1.807, 2.05) is 0 Å². The average Bonchev–Trinajstić information content (AvgIpc) is 2.93. The number of rotatable bonds is 2. The van der Waals surface area contributed by atoms with Crippen molar-refractivity contribution in [2.45, 2.75) is 6.18 Å².